The smallest absolute Gasteiger partial charge is 0.257 e. The van der Waals surface area contributed by atoms with Gasteiger partial charge in [0, 0.05) is 51.5 Å². The summed E-state index contributed by atoms with van der Waals surface area (Å²) in [6.07, 6.45) is 2.31. The number of nitrogens with zero attached hydrogens (tertiary/aromatic N) is 2. The van der Waals surface area contributed by atoms with Crippen molar-refractivity contribution in [3.8, 4) is 17.2 Å². The summed E-state index contributed by atoms with van der Waals surface area (Å²) >= 11 is 6.78. The minimum Gasteiger partial charge on any atom is -0.508 e. The monoisotopic (exact) mass is 548 g/mol. The van der Waals surface area contributed by atoms with Crippen LogP contribution in [0.4, 0.5) is 0 Å². The predicted molar refractivity (Wildman–Crippen MR) is 148 cm³/mol. The molecule has 3 aromatic carbocycles. The number of aliphatic hydroxyl groups excluding tert-OH is 1. The third kappa shape index (κ3) is 5.44. The van der Waals surface area contributed by atoms with Gasteiger partial charge in [-0.1, -0.05) is 42.5 Å². The molecule has 3 heterocycles. The molecule has 0 aliphatic carbocycles. The van der Waals surface area contributed by atoms with Crippen LogP contribution in [-0.4, -0.2) is 69.4 Å². The van der Waals surface area contributed by atoms with Gasteiger partial charge in [0.25, 0.3) is 5.91 Å². The maximum Gasteiger partial charge on any atom is 0.257 e. The number of rotatable bonds is 6. The van der Waals surface area contributed by atoms with Crippen molar-refractivity contribution >= 4 is 17.5 Å². The fourth-order valence-corrected chi connectivity index (χ4v) is 6.46. The van der Waals surface area contributed by atoms with Gasteiger partial charge in [0.05, 0.1) is 11.1 Å². The molecule has 0 bridgehead atoms. The Morgan fingerprint density at radius 1 is 1.08 bits per heavy atom. The summed E-state index contributed by atoms with van der Waals surface area (Å²) in [7, 11) is 0. The number of piperidine rings is 1. The van der Waals surface area contributed by atoms with Crippen molar-refractivity contribution in [1.29, 1.82) is 0 Å². The van der Waals surface area contributed by atoms with Crippen molar-refractivity contribution in [1.82, 2.24) is 9.80 Å². The van der Waals surface area contributed by atoms with E-state index in [-0.39, 0.29) is 35.1 Å². The van der Waals surface area contributed by atoms with Gasteiger partial charge in [-0.25, -0.2) is 0 Å². The maximum atomic E-state index is 13.4. The predicted octanol–water partition coefficient (Wildman–Crippen LogP) is 4.37. The summed E-state index contributed by atoms with van der Waals surface area (Å²) in [6.45, 7) is 2.15. The number of aromatic hydroxyl groups is 1. The summed E-state index contributed by atoms with van der Waals surface area (Å²) < 4.78 is 12.2. The molecule has 7 nitrogen and oxygen atoms in total. The van der Waals surface area contributed by atoms with Crippen LogP contribution in [0.5, 0.6) is 17.2 Å². The van der Waals surface area contributed by atoms with Gasteiger partial charge in [-0.3, -0.25) is 9.69 Å². The van der Waals surface area contributed by atoms with Gasteiger partial charge < -0.3 is 24.6 Å². The standard InChI is InChI=1S/C31H33ClN2O5/c32-29-17-31(16-22-6-3-4-8-27(22)39-31)12-14-33(29)19-25(36)20-38-28-15-24(35)9-10-26(28)30(37)34-13-11-21-5-1-2-7-23(21)18-34/h1-10,15,25,29,35-36H,11-14,16-20H2/t25-,29?,31+/m0/s1. The number of likely N-dealkylation sites (tertiary alicyclic amines) is 1. The lowest BCUT2D eigenvalue weighted by atomic mass is 9.87. The first-order chi connectivity index (χ1) is 18.9. The Hall–Kier alpha value is -3.26. The fraction of sp³-hybridized carbons (Fsp3) is 0.387. The van der Waals surface area contributed by atoms with Gasteiger partial charge >= 0.3 is 0 Å². The zero-order chi connectivity index (χ0) is 27.0. The number of hydrogen-bond acceptors (Lipinski definition) is 6. The molecule has 3 aromatic rings. The Morgan fingerprint density at radius 3 is 2.64 bits per heavy atom. The molecule has 0 aromatic heterocycles. The van der Waals surface area contributed by atoms with E-state index < -0.39 is 6.10 Å². The summed E-state index contributed by atoms with van der Waals surface area (Å²) in [5.41, 5.74) is 3.42. The molecule has 8 heteroatoms. The van der Waals surface area contributed by atoms with Gasteiger partial charge in [0.2, 0.25) is 0 Å². The summed E-state index contributed by atoms with van der Waals surface area (Å²) in [5.74, 6) is 1.04. The van der Waals surface area contributed by atoms with Gasteiger partial charge in [-0.05, 0) is 41.3 Å². The highest BCUT2D eigenvalue weighted by Crippen LogP contribution is 2.43. The van der Waals surface area contributed by atoms with Crippen LogP contribution in [0.2, 0.25) is 0 Å². The van der Waals surface area contributed by atoms with Crippen molar-refractivity contribution in [3.63, 3.8) is 0 Å². The maximum absolute atomic E-state index is 13.4. The van der Waals surface area contributed by atoms with E-state index in [1.165, 1.54) is 23.3 Å². The molecule has 2 N–H and O–H groups in total. The molecule has 1 saturated heterocycles. The first kappa shape index (κ1) is 26.0. The first-order valence-electron chi connectivity index (χ1n) is 13.5. The highest BCUT2D eigenvalue weighted by Gasteiger charge is 2.45. The van der Waals surface area contributed by atoms with Crippen LogP contribution in [0.3, 0.4) is 0 Å². The van der Waals surface area contributed by atoms with E-state index >= 15 is 0 Å². The zero-order valence-corrected chi connectivity index (χ0v) is 22.5. The molecular formula is C31H33ClN2O5. The van der Waals surface area contributed by atoms with E-state index in [0.717, 1.165) is 30.6 Å². The number of benzene rings is 3. The number of carbonyl (C=O) groups excluding carboxylic acids is 1. The molecule has 3 aliphatic heterocycles. The van der Waals surface area contributed by atoms with Gasteiger partial charge in [0.15, 0.2) is 0 Å². The zero-order valence-electron chi connectivity index (χ0n) is 21.8. The van der Waals surface area contributed by atoms with Crippen LogP contribution in [0.15, 0.2) is 66.7 Å². The Bertz CT molecular complexity index is 1340. The van der Waals surface area contributed by atoms with Gasteiger partial charge in [0.1, 0.15) is 35.6 Å². The number of ether oxygens (including phenoxy) is 2. The lowest BCUT2D eigenvalue weighted by Gasteiger charge is -2.42. The van der Waals surface area contributed by atoms with Crippen molar-refractivity contribution in [2.24, 2.45) is 0 Å². The van der Waals surface area contributed by atoms with Crippen LogP contribution >= 0.6 is 11.6 Å². The minimum absolute atomic E-state index is 0.000241. The number of aliphatic hydroxyl groups is 1. The molecule has 0 radical (unpaired) electrons. The lowest BCUT2D eigenvalue weighted by Crippen LogP contribution is -2.52. The molecule has 6 rings (SSSR count). The number of halogens is 1. The third-order valence-corrected chi connectivity index (χ3v) is 8.52. The number of carbonyl (C=O) groups is 1. The second kappa shape index (κ2) is 10.7. The van der Waals surface area contributed by atoms with E-state index in [1.807, 2.05) is 41.3 Å². The number of phenols is 1. The Labute approximate surface area is 233 Å². The van der Waals surface area contributed by atoms with Crippen molar-refractivity contribution in [2.75, 3.05) is 26.2 Å². The number of hydrogen-bond donors (Lipinski definition) is 2. The molecule has 1 spiro atoms. The molecule has 204 valence electrons. The average Bonchev–Trinajstić information content (AvgIpc) is 3.30. The van der Waals surface area contributed by atoms with E-state index in [9.17, 15) is 15.0 Å². The number of fused-ring (bicyclic) bond motifs is 2. The molecule has 0 saturated carbocycles. The molecule has 1 unspecified atom stereocenters. The Morgan fingerprint density at radius 2 is 1.85 bits per heavy atom. The summed E-state index contributed by atoms with van der Waals surface area (Å²) in [6, 6.07) is 20.8. The molecule has 1 fully saturated rings. The van der Waals surface area contributed by atoms with E-state index in [1.54, 1.807) is 11.0 Å². The normalized spacial score (nSPS) is 23.1. The topological polar surface area (TPSA) is 82.5 Å². The number of β-amino-alcohol motifs (C(OH)–C–C–N with tert-alkyl or cyclic N) is 1. The van der Waals surface area contributed by atoms with E-state index in [2.05, 4.69) is 12.1 Å². The van der Waals surface area contributed by atoms with Crippen LogP contribution in [0, 0.1) is 0 Å². The van der Waals surface area contributed by atoms with E-state index in [0.29, 0.717) is 38.2 Å². The Kier molecular flexibility index (Phi) is 7.14. The lowest BCUT2D eigenvalue weighted by molar-refractivity contribution is -0.0124. The largest absolute Gasteiger partial charge is 0.508 e. The van der Waals surface area contributed by atoms with Crippen LogP contribution in [-0.2, 0) is 19.4 Å². The van der Waals surface area contributed by atoms with Crippen LogP contribution < -0.4 is 9.47 Å². The summed E-state index contributed by atoms with van der Waals surface area (Å²) in [5, 5.41) is 20.9. The quantitative estimate of drug-likeness (QED) is 0.352. The highest BCUT2D eigenvalue weighted by atomic mass is 35.5. The number of para-hydroxylation sites is 1. The first-order valence-corrected chi connectivity index (χ1v) is 14.0. The van der Waals surface area contributed by atoms with Crippen molar-refractivity contribution < 1.29 is 24.5 Å². The number of amides is 1. The van der Waals surface area contributed by atoms with Crippen LogP contribution in [0.1, 0.15) is 39.9 Å². The van der Waals surface area contributed by atoms with Crippen molar-refractivity contribution in [2.45, 2.75) is 49.4 Å². The molecule has 3 atom stereocenters. The van der Waals surface area contributed by atoms with E-state index in [4.69, 9.17) is 21.1 Å². The average molecular weight is 549 g/mol. The Balaban J connectivity index is 1.06. The molecule has 39 heavy (non-hydrogen) atoms. The van der Waals surface area contributed by atoms with Gasteiger partial charge in [-0.15, -0.1) is 11.6 Å². The number of alkyl halides is 1. The SMILES string of the molecule is O=C(c1ccc(O)cc1OC[C@@H](O)CN1CC[C@@]2(Cc3ccccc3O2)CC1Cl)N1CCc2ccccc2C1. The molecule has 3 aliphatic rings. The second-order valence-electron chi connectivity index (χ2n) is 10.8. The van der Waals surface area contributed by atoms with Crippen LogP contribution in [0.25, 0.3) is 0 Å². The second-order valence-corrected chi connectivity index (χ2v) is 11.3. The molecular weight excluding hydrogens is 516 g/mol. The summed E-state index contributed by atoms with van der Waals surface area (Å²) in [4.78, 5) is 17.3. The van der Waals surface area contributed by atoms with Crippen molar-refractivity contribution in [3.05, 3.63) is 89.0 Å². The minimum atomic E-state index is -0.825. The van der Waals surface area contributed by atoms with Gasteiger partial charge in [-0.2, -0.15) is 0 Å². The third-order valence-electron chi connectivity index (χ3n) is 8.09. The fourth-order valence-electron chi connectivity index (χ4n) is 6.01. The molecule has 1 amide bonds. The highest BCUT2D eigenvalue weighted by molar-refractivity contribution is 6.20. The number of phenolic OH excluding ortho intramolecular Hbond substituents is 1.